The molecule has 4 nitrogen and oxygen atoms in total. The molecule has 1 aromatic heterocycles. The maximum absolute atomic E-state index is 11.4. The molecule has 1 rings (SSSR count). The van der Waals surface area contributed by atoms with Gasteiger partial charge in [0.1, 0.15) is 0 Å². The van der Waals surface area contributed by atoms with Gasteiger partial charge in [-0.25, -0.2) is 0 Å². The van der Waals surface area contributed by atoms with E-state index < -0.39 is 0 Å². The summed E-state index contributed by atoms with van der Waals surface area (Å²) in [6.45, 7) is 0.617. The number of carbonyl (C=O) groups excluding carboxylic acids is 1. The summed E-state index contributed by atoms with van der Waals surface area (Å²) >= 11 is 0. The number of furan rings is 1. The van der Waals surface area contributed by atoms with Gasteiger partial charge in [0.15, 0.2) is 0 Å². The quantitative estimate of drug-likeness (QED) is 0.766. The molecule has 1 heterocycles. The van der Waals surface area contributed by atoms with E-state index in [-0.39, 0.29) is 12.5 Å². The topological polar surface area (TPSA) is 53.7 Å². The molecule has 0 aliphatic heterocycles. The van der Waals surface area contributed by atoms with E-state index >= 15 is 0 Å². The third-order valence-corrected chi connectivity index (χ3v) is 1.97. The van der Waals surface area contributed by atoms with Crippen molar-refractivity contribution in [1.82, 2.24) is 4.90 Å². The lowest BCUT2D eigenvalue weighted by atomic mass is 10.2. The smallest absolute Gasteiger partial charge is 0.222 e. The van der Waals surface area contributed by atoms with Crippen LogP contribution in [0.15, 0.2) is 23.0 Å². The Kier molecular flexibility index (Phi) is 4.19. The predicted octanol–water partition coefficient (Wildman–Crippen LogP) is 1.01. The Morgan fingerprint density at radius 3 is 3.00 bits per heavy atom. The number of carbonyl (C=O) groups is 1. The molecule has 0 spiro atoms. The molecule has 14 heavy (non-hydrogen) atoms. The van der Waals surface area contributed by atoms with Crippen molar-refractivity contribution >= 4 is 5.91 Å². The zero-order valence-corrected chi connectivity index (χ0v) is 8.27. The van der Waals surface area contributed by atoms with Crippen LogP contribution in [0.2, 0.25) is 0 Å². The van der Waals surface area contributed by atoms with Crippen LogP contribution in [0.25, 0.3) is 0 Å². The van der Waals surface area contributed by atoms with Gasteiger partial charge in [-0.2, -0.15) is 0 Å². The summed E-state index contributed by atoms with van der Waals surface area (Å²) in [4.78, 5) is 13.0. The fourth-order valence-corrected chi connectivity index (χ4v) is 1.17. The van der Waals surface area contributed by atoms with E-state index in [0.29, 0.717) is 19.4 Å². The Bertz CT molecular complexity index is 269. The monoisotopic (exact) mass is 197 g/mol. The number of aliphatic hydroxyl groups is 1. The number of rotatable bonds is 5. The van der Waals surface area contributed by atoms with Crippen molar-refractivity contribution in [2.75, 3.05) is 13.7 Å². The molecule has 0 aromatic carbocycles. The van der Waals surface area contributed by atoms with E-state index in [0.717, 1.165) is 5.56 Å². The highest BCUT2D eigenvalue weighted by Gasteiger charge is 2.08. The fraction of sp³-hybridized carbons (Fsp3) is 0.500. The van der Waals surface area contributed by atoms with Crippen LogP contribution in [0.1, 0.15) is 18.4 Å². The van der Waals surface area contributed by atoms with Gasteiger partial charge < -0.3 is 14.4 Å². The van der Waals surface area contributed by atoms with Gasteiger partial charge in [-0.3, -0.25) is 4.79 Å². The summed E-state index contributed by atoms with van der Waals surface area (Å²) in [5.74, 6) is 0.0419. The first-order chi connectivity index (χ1) is 6.74. The van der Waals surface area contributed by atoms with Crippen molar-refractivity contribution < 1.29 is 14.3 Å². The van der Waals surface area contributed by atoms with Gasteiger partial charge in [0, 0.05) is 32.2 Å². The first kappa shape index (κ1) is 10.8. The maximum Gasteiger partial charge on any atom is 0.222 e. The Hall–Kier alpha value is -1.29. The van der Waals surface area contributed by atoms with Gasteiger partial charge >= 0.3 is 0 Å². The van der Waals surface area contributed by atoms with Crippen LogP contribution in [0.5, 0.6) is 0 Å². The second kappa shape index (κ2) is 5.44. The van der Waals surface area contributed by atoms with Gasteiger partial charge in [-0.1, -0.05) is 0 Å². The molecule has 1 aromatic rings. The molecule has 0 radical (unpaired) electrons. The van der Waals surface area contributed by atoms with E-state index in [1.807, 2.05) is 6.07 Å². The molecular weight excluding hydrogens is 182 g/mol. The van der Waals surface area contributed by atoms with E-state index in [9.17, 15) is 4.79 Å². The van der Waals surface area contributed by atoms with Crippen LogP contribution >= 0.6 is 0 Å². The van der Waals surface area contributed by atoms with Gasteiger partial charge in [0.05, 0.1) is 12.5 Å². The first-order valence-corrected chi connectivity index (χ1v) is 4.60. The number of amides is 1. The molecule has 0 unspecified atom stereocenters. The standard InChI is InChI=1S/C10H15NO3/c1-11(10(13)3-2-5-12)7-9-4-6-14-8-9/h4,6,8,12H,2-3,5,7H2,1H3. The molecule has 78 valence electrons. The average molecular weight is 197 g/mol. The molecule has 0 bridgehead atoms. The second-order valence-corrected chi connectivity index (χ2v) is 3.21. The molecular formula is C10H15NO3. The number of hydrogen-bond acceptors (Lipinski definition) is 3. The zero-order valence-electron chi connectivity index (χ0n) is 8.27. The molecule has 0 aliphatic rings. The molecule has 0 atom stereocenters. The highest BCUT2D eigenvalue weighted by molar-refractivity contribution is 5.75. The van der Waals surface area contributed by atoms with Crippen LogP contribution in [0, 0.1) is 0 Å². The van der Waals surface area contributed by atoms with Crippen molar-refractivity contribution in [1.29, 1.82) is 0 Å². The normalized spacial score (nSPS) is 10.1. The molecule has 0 aliphatic carbocycles. The molecule has 1 amide bonds. The lowest BCUT2D eigenvalue weighted by Crippen LogP contribution is -2.25. The maximum atomic E-state index is 11.4. The molecule has 0 saturated carbocycles. The average Bonchev–Trinajstić information content (AvgIpc) is 2.66. The number of nitrogens with zero attached hydrogens (tertiary/aromatic N) is 1. The van der Waals surface area contributed by atoms with Crippen LogP contribution in [0.3, 0.4) is 0 Å². The van der Waals surface area contributed by atoms with Crippen LogP contribution < -0.4 is 0 Å². The Morgan fingerprint density at radius 1 is 1.64 bits per heavy atom. The summed E-state index contributed by atoms with van der Waals surface area (Å²) in [7, 11) is 1.74. The third-order valence-electron chi connectivity index (χ3n) is 1.97. The van der Waals surface area contributed by atoms with E-state index in [1.165, 1.54) is 0 Å². The lowest BCUT2D eigenvalue weighted by molar-refractivity contribution is -0.130. The van der Waals surface area contributed by atoms with Crippen molar-refractivity contribution in [3.63, 3.8) is 0 Å². The highest BCUT2D eigenvalue weighted by Crippen LogP contribution is 2.05. The Balaban J connectivity index is 2.34. The van der Waals surface area contributed by atoms with Crippen molar-refractivity contribution in [2.24, 2.45) is 0 Å². The third kappa shape index (κ3) is 3.22. The number of aliphatic hydroxyl groups excluding tert-OH is 1. The summed E-state index contributed by atoms with van der Waals surface area (Å²) < 4.78 is 4.90. The zero-order chi connectivity index (χ0) is 10.4. The van der Waals surface area contributed by atoms with Crippen molar-refractivity contribution in [3.05, 3.63) is 24.2 Å². The first-order valence-electron chi connectivity index (χ1n) is 4.60. The van der Waals surface area contributed by atoms with E-state index in [1.54, 1.807) is 24.5 Å². The predicted molar refractivity (Wildman–Crippen MR) is 51.5 cm³/mol. The highest BCUT2D eigenvalue weighted by atomic mass is 16.3. The fourth-order valence-electron chi connectivity index (χ4n) is 1.17. The van der Waals surface area contributed by atoms with Crippen LogP contribution in [-0.4, -0.2) is 29.6 Å². The summed E-state index contributed by atoms with van der Waals surface area (Å²) in [6, 6.07) is 1.83. The van der Waals surface area contributed by atoms with Gasteiger partial charge in [0.25, 0.3) is 0 Å². The summed E-state index contributed by atoms with van der Waals surface area (Å²) in [5.41, 5.74) is 0.977. The molecule has 4 heteroatoms. The van der Waals surface area contributed by atoms with Gasteiger partial charge in [-0.05, 0) is 12.5 Å². The van der Waals surface area contributed by atoms with Gasteiger partial charge in [-0.15, -0.1) is 0 Å². The van der Waals surface area contributed by atoms with Crippen molar-refractivity contribution in [3.8, 4) is 0 Å². The Morgan fingerprint density at radius 2 is 2.43 bits per heavy atom. The minimum atomic E-state index is 0.0419. The van der Waals surface area contributed by atoms with Crippen molar-refractivity contribution in [2.45, 2.75) is 19.4 Å². The van der Waals surface area contributed by atoms with E-state index in [4.69, 9.17) is 9.52 Å². The molecule has 1 N–H and O–H groups in total. The van der Waals surface area contributed by atoms with E-state index in [2.05, 4.69) is 0 Å². The van der Waals surface area contributed by atoms with Crippen LogP contribution in [0.4, 0.5) is 0 Å². The second-order valence-electron chi connectivity index (χ2n) is 3.21. The largest absolute Gasteiger partial charge is 0.472 e. The molecule has 0 fully saturated rings. The summed E-state index contributed by atoms with van der Waals surface area (Å²) in [6.07, 6.45) is 4.12. The SMILES string of the molecule is CN(Cc1ccoc1)C(=O)CCCO. The number of hydrogen-bond donors (Lipinski definition) is 1. The minimum Gasteiger partial charge on any atom is -0.472 e. The van der Waals surface area contributed by atoms with Gasteiger partial charge in [0.2, 0.25) is 5.91 Å². The molecule has 0 saturated heterocycles. The Labute approximate surface area is 83.1 Å². The minimum absolute atomic E-state index is 0.0419. The summed E-state index contributed by atoms with van der Waals surface area (Å²) in [5, 5.41) is 8.57. The van der Waals surface area contributed by atoms with Crippen LogP contribution in [-0.2, 0) is 11.3 Å². The lowest BCUT2D eigenvalue weighted by Gasteiger charge is -2.15.